The molecule has 3 atom stereocenters. The van der Waals surface area contributed by atoms with E-state index < -0.39 is 66.5 Å². The van der Waals surface area contributed by atoms with Gasteiger partial charge in [0.15, 0.2) is 0 Å². The molecule has 0 radical (unpaired) electrons. The van der Waals surface area contributed by atoms with E-state index in [1.54, 1.807) is 45.0 Å². The molecule has 0 aromatic heterocycles. The summed E-state index contributed by atoms with van der Waals surface area (Å²) in [4.78, 5) is 61.2. The second kappa shape index (κ2) is 15.2. The minimum atomic E-state index is -1.53. The topological polar surface area (TPSA) is 212 Å². The van der Waals surface area contributed by atoms with Crippen LogP contribution in [0.1, 0.15) is 38.3 Å². The van der Waals surface area contributed by atoms with Crippen LogP contribution in [-0.2, 0) is 36.9 Å². The molecule has 41 heavy (non-hydrogen) atoms. The summed E-state index contributed by atoms with van der Waals surface area (Å²) in [5.74, 6) is -3.04. The van der Waals surface area contributed by atoms with Crippen molar-refractivity contribution >= 4 is 29.7 Å². The number of aliphatic hydroxyl groups is 1. The Hall–Kier alpha value is -4.65. The number of nitrogens with two attached hydrogens (primary N) is 2. The van der Waals surface area contributed by atoms with Crippen LogP contribution in [0.5, 0.6) is 5.75 Å². The van der Waals surface area contributed by atoms with Crippen molar-refractivity contribution in [3.63, 3.8) is 0 Å². The van der Waals surface area contributed by atoms with Gasteiger partial charge in [0.05, 0.1) is 13.0 Å². The molecule has 2 aromatic rings. The molecule has 0 bridgehead atoms. The molecule has 0 saturated heterocycles. The molecule has 2 rings (SSSR count). The second-order valence-electron chi connectivity index (χ2n) is 10.2. The highest BCUT2D eigenvalue weighted by Crippen LogP contribution is 2.15. The molecule has 13 heteroatoms. The summed E-state index contributed by atoms with van der Waals surface area (Å²) in [7, 11) is 0. The fraction of sp³-hybridized carbons (Fsp3) is 0.393. The van der Waals surface area contributed by atoms with E-state index in [0.29, 0.717) is 17.9 Å². The summed E-state index contributed by atoms with van der Waals surface area (Å²) >= 11 is 0. The van der Waals surface area contributed by atoms with Crippen molar-refractivity contribution in [1.29, 1.82) is 0 Å². The summed E-state index contributed by atoms with van der Waals surface area (Å²) < 4.78 is 10.8. The number of primary amides is 2. The molecular weight excluding hydrogens is 534 g/mol. The van der Waals surface area contributed by atoms with Crippen molar-refractivity contribution < 1.29 is 38.6 Å². The van der Waals surface area contributed by atoms with Crippen LogP contribution < -0.4 is 32.2 Å². The average Bonchev–Trinajstić information content (AvgIpc) is 2.89. The molecule has 0 saturated carbocycles. The second-order valence-corrected chi connectivity index (χ2v) is 10.2. The number of amides is 5. The lowest BCUT2D eigenvalue weighted by Gasteiger charge is -2.25. The first-order valence-electron chi connectivity index (χ1n) is 12.8. The van der Waals surface area contributed by atoms with Gasteiger partial charge in [0.1, 0.15) is 36.1 Å². The van der Waals surface area contributed by atoms with Crippen LogP contribution in [-0.4, -0.2) is 65.2 Å². The summed E-state index contributed by atoms with van der Waals surface area (Å²) in [5.41, 5.74) is 11.4. The summed E-state index contributed by atoms with van der Waals surface area (Å²) in [6.45, 7) is 4.33. The molecule has 2 aromatic carbocycles. The third kappa shape index (κ3) is 12.0. The minimum Gasteiger partial charge on any atom is -0.489 e. The zero-order chi connectivity index (χ0) is 30.6. The highest BCUT2D eigenvalue weighted by Gasteiger charge is 2.30. The number of carbonyl (C=O) groups excluding carboxylic acids is 5. The fourth-order valence-corrected chi connectivity index (χ4v) is 3.52. The van der Waals surface area contributed by atoms with E-state index in [1.165, 1.54) is 0 Å². The van der Waals surface area contributed by atoms with E-state index in [2.05, 4.69) is 16.0 Å². The van der Waals surface area contributed by atoms with Gasteiger partial charge in [0.25, 0.3) is 0 Å². The molecule has 8 N–H and O–H groups in total. The zero-order valence-electron chi connectivity index (χ0n) is 23.2. The van der Waals surface area contributed by atoms with Crippen molar-refractivity contribution in [3.05, 3.63) is 65.7 Å². The Balaban J connectivity index is 2.00. The molecule has 0 aliphatic rings. The third-order valence-electron chi connectivity index (χ3n) is 5.50. The summed E-state index contributed by atoms with van der Waals surface area (Å²) in [6, 6.07) is 12.3. The number of carbonyl (C=O) groups is 5. The Morgan fingerprint density at radius 1 is 0.805 bits per heavy atom. The molecule has 5 amide bonds. The lowest BCUT2D eigenvalue weighted by Crippen LogP contribution is -2.58. The average molecular weight is 572 g/mol. The van der Waals surface area contributed by atoms with Gasteiger partial charge >= 0.3 is 6.09 Å². The Kier molecular flexibility index (Phi) is 12.1. The Morgan fingerprint density at radius 2 is 1.39 bits per heavy atom. The number of hydrogen-bond donors (Lipinski definition) is 6. The maximum absolute atomic E-state index is 12.8. The first-order valence-corrected chi connectivity index (χ1v) is 12.8. The van der Waals surface area contributed by atoms with E-state index in [9.17, 15) is 29.1 Å². The lowest BCUT2D eigenvalue weighted by atomic mass is 10.0. The highest BCUT2D eigenvalue weighted by molar-refractivity contribution is 5.95. The molecule has 0 spiro atoms. The summed E-state index contributed by atoms with van der Waals surface area (Å²) in [6.07, 6.45) is -1.56. The van der Waals surface area contributed by atoms with E-state index in [0.717, 1.165) is 5.56 Å². The molecule has 0 aliphatic heterocycles. The van der Waals surface area contributed by atoms with Gasteiger partial charge in [-0.05, 0) is 44.0 Å². The Bertz CT molecular complexity index is 1200. The fourth-order valence-electron chi connectivity index (χ4n) is 3.52. The van der Waals surface area contributed by atoms with E-state index in [-0.39, 0.29) is 6.42 Å². The van der Waals surface area contributed by atoms with E-state index in [4.69, 9.17) is 20.9 Å². The van der Waals surface area contributed by atoms with Crippen LogP contribution >= 0.6 is 0 Å². The van der Waals surface area contributed by atoms with Crippen LogP contribution in [0, 0.1) is 0 Å². The van der Waals surface area contributed by atoms with Crippen molar-refractivity contribution in [2.45, 2.75) is 63.9 Å². The zero-order valence-corrected chi connectivity index (χ0v) is 23.2. The van der Waals surface area contributed by atoms with Gasteiger partial charge in [-0.15, -0.1) is 0 Å². The Labute approximate surface area is 237 Å². The van der Waals surface area contributed by atoms with Gasteiger partial charge in [0.2, 0.25) is 23.6 Å². The first kappa shape index (κ1) is 32.6. The number of ether oxygens (including phenoxy) is 2. The van der Waals surface area contributed by atoms with Crippen molar-refractivity contribution in [3.8, 4) is 5.75 Å². The molecule has 222 valence electrons. The van der Waals surface area contributed by atoms with Gasteiger partial charge in [-0.2, -0.15) is 0 Å². The molecule has 0 fully saturated rings. The molecule has 0 heterocycles. The molecular formula is C28H37N5O8. The number of aliphatic hydroxyl groups excluding tert-OH is 1. The number of rotatable bonds is 14. The summed E-state index contributed by atoms with van der Waals surface area (Å²) in [5, 5.41) is 16.6. The molecule has 0 aliphatic carbocycles. The third-order valence-corrected chi connectivity index (χ3v) is 5.50. The van der Waals surface area contributed by atoms with Crippen molar-refractivity contribution in [2.24, 2.45) is 11.5 Å². The largest absolute Gasteiger partial charge is 0.489 e. The van der Waals surface area contributed by atoms with Gasteiger partial charge in [-0.3, -0.25) is 19.2 Å². The smallest absolute Gasteiger partial charge is 0.408 e. The predicted octanol–water partition coefficient (Wildman–Crippen LogP) is 0.0240. The van der Waals surface area contributed by atoms with Crippen molar-refractivity contribution in [1.82, 2.24) is 16.0 Å². The normalized spacial score (nSPS) is 13.2. The van der Waals surface area contributed by atoms with Crippen LogP contribution in [0.4, 0.5) is 4.79 Å². The van der Waals surface area contributed by atoms with Gasteiger partial charge in [0, 0.05) is 6.42 Å². The van der Waals surface area contributed by atoms with Gasteiger partial charge in [-0.1, -0.05) is 42.5 Å². The molecule has 13 nitrogen and oxygen atoms in total. The lowest BCUT2D eigenvalue weighted by molar-refractivity contribution is -0.133. The maximum atomic E-state index is 12.8. The number of nitrogens with one attached hydrogen (secondary N) is 3. The van der Waals surface area contributed by atoms with E-state index >= 15 is 0 Å². The maximum Gasteiger partial charge on any atom is 0.408 e. The molecule has 3 unspecified atom stereocenters. The quantitative estimate of drug-likeness (QED) is 0.181. The number of benzene rings is 2. The SMILES string of the molecule is CC(C)(C)OC(=O)NC(CC(N)=O)C(=O)NC(CO)C(=O)NC(Cc1ccc(OCc2ccccc2)cc1)C(N)=O. The Morgan fingerprint density at radius 3 is 1.93 bits per heavy atom. The van der Waals surface area contributed by atoms with Crippen LogP contribution in [0.3, 0.4) is 0 Å². The monoisotopic (exact) mass is 571 g/mol. The van der Waals surface area contributed by atoms with Crippen LogP contribution in [0.15, 0.2) is 54.6 Å². The van der Waals surface area contributed by atoms with Crippen LogP contribution in [0.25, 0.3) is 0 Å². The van der Waals surface area contributed by atoms with Gasteiger partial charge in [-0.25, -0.2) is 4.79 Å². The van der Waals surface area contributed by atoms with E-state index in [1.807, 2.05) is 30.3 Å². The minimum absolute atomic E-state index is 0.0244. The number of hydrogen-bond acceptors (Lipinski definition) is 8. The highest BCUT2D eigenvalue weighted by atomic mass is 16.6. The van der Waals surface area contributed by atoms with Crippen molar-refractivity contribution in [2.75, 3.05) is 6.61 Å². The van der Waals surface area contributed by atoms with Crippen LogP contribution in [0.2, 0.25) is 0 Å². The standard InChI is InChI=1S/C28H37N5O8/c1-28(2,3)41-27(39)33-21(14-23(29)35)25(37)32-22(15-34)26(38)31-20(24(30)36)13-17-9-11-19(12-10-17)40-16-18-7-5-4-6-8-18/h4-12,20-22,34H,13-16H2,1-3H3,(H2,29,35)(H2,30,36)(H,31,38)(H,32,37)(H,33,39). The van der Waals surface area contributed by atoms with Gasteiger partial charge < -0.3 is 42.0 Å². The number of alkyl carbamates (subject to hydrolysis) is 1. The first-order chi connectivity index (χ1) is 19.3. The predicted molar refractivity (Wildman–Crippen MR) is 148 cm³/mol.